The van der Waals surface area contributed by atoms with Gasteiger partial charge in [0.15, 0.2) is 0 Å². The maximum atomic E-state index is 13.8. The van der Waals surface area contributed by atoms with E-state index >= 15 is 0 Å². The summed E-state index contributed by atoms with van der Waals surface area (Å²) in [6.07, 6.45) is 2.32. The van der Waals surface area contributed by atoms with Crippen LogP contribution in [0.4, 0.5) is 4.39 Å². The number of rotatable bonds is 6. The van der Waals surface area contributed by atoms with Crippen LogP contribution in [-0.2, 0) is 22.7 Å². The molecule has 2 aromatic carbocycles. The maximum absolute atomic E-state index is 13.8. The van der Waals surface area contributed by atoms with E-state index in [9.17, 15) is 9.18 Å². The first-order chi connectivity index (χ1) is 10.1. The van der Waals surface area contributed by atoms with Gasteiger partial charge < -0.3 is 9.84 Å². The lowest BCUT2D eigenvalue weighted by Crippen LogP contribution is -1.97. The van der Waals surface area contributed by atoms with Crippen LogP contribution in [0.1, 0.15) is 16.7 Å². The quantitative estimate of drug-likeness (QED) is 0.825. The molecule has 0 heterocycles. The number of benzene rings is 2. The molecule has 4 heteroatoms. The van der Waals surface area contributed by atoms with Gasteiger partial charge in [0.05, 0.1) is 13.2 Å². The fraction of sp³-hybridized carbons (Fsp3) is 0.118. The van der Waals surface area contributed by atoms with Gasteiger partial charge in [-0.3, -0.25) is 0 Å². The monoisotopic (exact) mass is 286 g/mol. The minimum absolute atomic E-state index is 0.170. The third-order valence-corrected chi connectivity index (χ3v) is 2.86. The SMILES string of the molecule is O=C(O)C=Cc1ccc(COCc2ccccc2)c(F)c1. The van der Waals surface area contributed by atoms with Crippen molar-refractivity contribution in [2.45, 2.75) is 13.2 Å². The molecule has 0 atom stereocenters. The normalized spacial score (nSPS) is 10.9. The first-order valence-electron chi connectivity index (χ1n) is 6.46. The Bertz CT molecular complexity index is 636. The van der Waals surface area contributed by atoms with Crippen molar-refractivity contribution in [3.05, 3.63) is 77.1 Å². The van der Waals surface area contributed by atoms with Gasteiger partial charge in [0, 0.05) is 11.6 Å². The topological polar surface area (TPSA) is 46.5 Å². The Kier molecular flexibility index (Phi) is 5.23. The summed E-state index contributed by atoms with van der Waals surface area (Å²) in [6.45, 7) is 0.588. The van der Waals surface area contributed by atoms with E-state index in [1.807, 2.05) is 30.3 Å². The zero-order valence-corrected chi connectivity index (χ0v) is 11.3. The van der Waals surface area contributed by atoms with Gasteiger partial charge in [-0.25, -0.2) is 9.18 Å². The first kappa shape index (κ1) is 14.9. The van der Waals surface area contributed by atoms with E-state index in [4.69, 9.17) is 9.84 Å². The van der Waals surface area contributed by atoms with Crippen LogP contribution in [0, 0.1) is 5.82 Å². The third kappa shape index (κ3) is 4.85. The number of ether oxygens (including phenoxy) is 1. The van der Waals surface area contributed by atoms with Crippen LogP contribution in [0.25, 0.3) is 6.08 Å². The van der Waals surface area contributed by atoms with Crippen molar-refractivity contribution in [3.8, 4) is 0 Å². The summed E-state index contributed by atoms with van der Waals surface area (Å²) >= 11 is 0. The number of hydrogen-bond donors (Lipinski definition) is 1. The second-order valence-corrected chi connectivity index (χ2v) is 4.50. The summed E-state index contributed by atoms with van der Waals surface area (Å²) in [5.74, 6) is -1.47. The van der Waals surface area contributed by atoms with Crippen molar-refractivity contribution in [1.29, 1.82) is 0 Å². The first-order valence-corrected chi connectivity index (χ1v) is 6.46. The predicted molar refractivity (Wildman–Crippen MR) is 78.0 cm³/mol. The fourth-order valence-corrected chi connectivity index (χ4v) is 1.80. The van der Waals surface area contributed by atoms with E-state index < -0.39 is 11.8 Å². The smallest absolute Gasteiger partial charge is 0.328 e. The van der Waals surface area contributed by atoms with Gasteiger partial charge in [0.2, 0.25) is 0 Å². The van der Waals surface area contributed by atoms with Crippen molar-refractivity contribution < 1.29 is 19.0 Å². The van der Waals surface area contributed by atoms with Crippen LogP contribution in [0.3, 0.4) is 0 Å². The van der Waals surface area contributed by atoms with E-state index in [2.05, 4.69) is 0 Å². The van der Waals surface area contributed by atoms with Crippen molar-refractivity contribution in [3.63, 3.8) is 0 Å². The van der Waals surface area contributed by atoms with Gasteiger partial charge in [0.1, 0.15) is 5.82 Å². The Labute approximate surface area is 122 Å². The molecule has 0 aromatic heterocycles. The molecule has 0 aliphatic carbocycles. The zero-order chi connectivity index (χ0) is 15.1. The third-order valence-electron chi connectivity index (χ3n) is 2.86. The van der Waals surface area contributed by atoms with Crippen molar-refractivity contribution >= 4 is 12.0 Å². The Balaban J connectivity index is 1.93. The highest BCUT2D eigenvalue weighted by Crippen LogP contribution is 2.14. The van der Waals surface area contributed by atoms with Crippen LogP contribution in [0.15, 0.2) is 54.6 Å². The van der Waals surface area contributed by atoms with Gasteiger partial charge >= 0.3 is 5.97 Å². The van der Waals surface area contributed by atoms with E-state index in [1.165, 1.54) is 12.1 Å². The molecule has 0 aliphatic rings. The van der Waals surface area contributed by atoms with Gasteiger partial charge in [-0.1, -0.05) is 42.5 Å². The van der Waals surface area contributed by atoms with Gasteiger partial charge in [-0.15, -0.1) is 0 Å². The Morgan fingerprint density at radius 1 is 1.14 bits per heavy atom. The van der Waals surface area contributed by atoms with Crippen LogP contribution >= 0.6 is 0 Å². The molecule has 2 rings (SSSR count). The van der Waals surface area contributed by atoms with Crippen molar-refractivity contribution in [2.24, 2.45) is 0 Å². The molecule has 108 valence electrons. The van der Waals surface area contributed by atoms with E-state index in [0.717, 1.165) is 11.6 Å². The predicted octanol–water partition coefficient (Wildman–Crippen LogP) is 3.64. The molecule has 0 aliphatic heterocycles. The van der Waals surface area contributed by atoms with Crippen LogP contribution in [0.2, 0.25) is 0 Å². The lowest BCUT2D eigenvalue weighted by molar-refractivity contribution is -0.131. The Morgan fingerprint density at radius 3 is 2.57 bits per heavy atom. The summed E-state index contributed by atoms with van der Waals surface area (Å²) in [5, 5.41) is 8.52. The molecule has 1 N–H and O–H groups in total. The molecule has 2 aromatic rings. The molecular formula is C17H15FO3. The Hall–Kier alpha value is -2.46. The summed E-state index contributed by atoms with van der Waals surface area (Å²) in [5.41, 5.74) is 1.97. The summed E-state index contributed by atoms with van der Waals surface area (Å²) in [4.78, 5) is 10.4. The molecule has 0 bridgehead atoms. The van der Waals surface area contributed by atoms with E-state index in [0.29, 0.717) is 17.7 Å². The number of carboxylic acid groups (broad SMARTS) is 1. The van der Waals surface area contributed by atoms with Crippen LogP contribution in [0.5, 0.6) is 0 Å². The van der Waals surface area contributed by atoms with Crippen molar-refractivity contribution in [2.75, 3.05) is 0 Å². The molecule has 0 unspecified atom stereocenters. The average molecular weight is 286 g/mol. The zero-order valence-electron chi connectivity index (χ0n) is 11.3. The minimum Gasteiger partial charge on any atom is -0.478 e. The maximum Gasteiger partial charge on any atom is 0.328 e. The molecule has 0 fully saturated rings. The lowest BCUT2D eigenvalue weighted by Gasteiger charge is -2.06. The van der Waals surface area contributed by atoms with Gasteiger partial charge in [0.25, 0.3) is 0 Å². The summed E-state index contributed by atoms with van der Waals surface area (Å²) < 4.78 is 19.3. The highest BCUT2D eigenvalue weighted by Gasteiger charge is 2.03. The lowest BCUT2D eigenvalue weighted by atomic mass is 10.1. The largest absolute Gasteiger partial charge is 0.478 e. The van der Waals surface area contributed by atoms with Crippen molar-refractivity contribution in [1.82, 2.24) is 0 Å². The molecule has 0 radical (unpaired) electrons. The molecule has 21 heavy (non-hydrogen) atoms. The second-order valence-electron chi connectivity index (χ2n) is 4.50. The molecule has 0 spiro atoms. The Morgan fingerprint density at radius 2 is 1.90 bits per heavy atom. The fourth-order valence-electron chi connectivity index (χ4n) is 1.80. The minimum atomic E-state index is -1.06. The molecule has 0 amide bonds. The van der Waals surface area contributed by atoms with Crippen LogP contribution < -0.4 is 0 Å². The number of halogens is 1. The highest BCUT2D eigenvalue weighted by atomic mass is 19.1. The molecular weight excluding hydrogens is 271 g/mol. The van der Waals surface area contributed by atoms with E-state index in [-0.39, 0.29) is 6.61 Å². The number of carbonyl (C=O) groups is 1. The van der Waals surface area contributed by atoms with E-state index in [1.54, 1.807) is 12.1 Å². The second kappa shape index (κ2) is 7.36. The standard InChI is InChI=1S/C17H15FO3/c18-16-10-13(7-9-17(19)20)6-8-15(16)12-21-11-14-4-2-1-3-5-14/h1-10H,11-12H2,(H,19,20). The summed E-state index contributed by atoms with van der Waals surface area (Å²) in [7, 11) is 0. The number of aliphatic carboxylic acids is 1. The molecule has 0 saturated carbocycles. The van der Waals surface area contributed by atoms with Gasteiger partial charge in [-0.2, -0.15) is 0 Å². The molecule has 3 nitrogen and oxygen atoms in total. The summed E-state index contributed by atoms with van der Waals surface area (Å²) in [6, 6.07) is 14.2. The average Bonchev–Trinajstić information content (AvgIpc) is 2.48. The highest BCUT2D eigenvalue weighted by molar-refractivity contribution is 5.85. The number of hydrogen-bond acceptors (Lipinski definition) is 2. The number of carboxylic acids is 1. The van der Waals surface area contributed by atoms with Crippen LogP contribution in [-0.4, -0.2) is 11.1 Å². The van der Waals surface area contributed by atoms with Gasteiger partial charge in [-0.05, 0) is 23.3 Å². The molecule has 0 saturated heterocycles.